The molecule has 0 saturated carbocycles. The third kappa shape index (κ3) is 5.40. The van der Waals surface area contributed by atoms with Crippen LogP contribution >= 0.6 is 0 Å². The van der Waals surface area contributed by atoms with Crippen LogP contribution in [0, 0.1) is 0 Å². The van der Waals surface area contributed by atoms with Crippen LogP contribution in [0.15, 0.2) is 200 Å². The molecular formula is C53H33N3. The zero-order valence-electron chi connectivity index (χ0n) is 30.4. The molecule has 0 radical (unpaired) electrons. The van der Waals surface area contributed by atoms with E-state index in [1.165, 1.54) is 71.6 Å². The van der Waals surface area contributed by atoms with Crippen LogP contribution in [0.2, 0.25) is 0 Å². The molecule has 3 heteroatoms. The molecule has 1 aliphatic rings. The van der Waals surface area contributed by atoms with Crippen molar-refractivity contribution >= 4 is 21.5 Å². The maximum absolute atomic E-state index is 4.97. The van der Waals surface area contributed by atoms with Gasteiger partial charge in [-0.2, -0.15) is 0 Å². The van der Waals surface area contributed by atoms with Gasteiger partial charge in [0.15, 0.2) is 17.5 Å². The Morgan fingerprint density at radius 1 is 0.250 bits per heavy atom. The van der Waals surface area contributed by atoms with Gasteiger partial charge in [-0.05, 0) is 89.3 Å². The van der Waals surface area contributed by atoms with Crippen LogP contribution in [0.25, 0.3) is 111 Å². The maximum Gasteiger partial charge on any atom is 0.164 e. The lowest BCUT2D eigenvalue weighted by Crippen LogP contribution is -2.00. The molecule has 0 fully saturated rings. The SMILES string of the molecule is c1ccc(-c2nc(-c3ccccc3)nc(-c3ccc(-c4ccc5ccccc5c4-c4cccc(-c5ccc6c(c5)-c5cccc7cccc-6c57)c4)cc3)n2)cc1. The predicted molar refractivity (Wildman–Crippen MR) is 232 cm³/mol. The largest absolute Gasteiger partial charge is 0.208 e. The molecule has 10 aromatic rings. The fraction of sp³-hybridized carbons (Fsp3) is 0. The lowest BCUT2D eigenvalue weighted by molar-refractivity contribution is 1.07. The van der Waals surface area contributed by atoms with Gasteiger partial charge >= 0.3 is 0 Å². The minimum atomic E-state index is 0.643. The molecular weight excluding hydrogens is 679 g/mol. The van der Waals surface area contributed by atoms with Gasteiger partial charge in [0, 0.05) is 16.7 Å². The van der Waals surface area contributed by atoms with Gasteiger partial charge < -0.3 is 0 Å². The molecule has 0 aliphatic heterocycles. The van der Waals surface area contributed by atoms with E-state index in [2.05, 4.69) is 140 Å². The Balaban J connectivity index is 1.00. The van der Waals surface area contributed by atoms with Gasteiger partial charge in [-0.25, -0.2) is 15.0 Å². The molecule has 11 rings (SSSR count). The van der Waals surface area contributed by atoms with E-state index in [9.17, 15) is 0 Å². The van der Waals surface area contributed by atoms with Gasteiger partial charge in [-0.1, -0.05) is 188 Å². The highest BCUT2D eigenvalue weighted by Gasteiger charge is 2.22. The van der Waals surface area contributed by atoms with Crippen molar-refractivity contribution in [2.24, 2.45) is 0 Å². The average Bonchev–Trinajstić information content (AvgIpc) is 3.60. The molecule has 0 unspecified atom stereocenters. The second-order valence-corrected chi connectivity index (χ2v) is 14.4. The summed E-state index contributed by atoms with van der Waals surface area (Å²) in [5, 5.41) is 5.08. The molecule has 9 aromatic carbocycles. The normalized spacial score (nSPS) is 11.6. The fourth-order valence-corrected chi connectivity index (χ4v) is 8.39. The van der Waals surface area contributed by atoms with Crippen molar-refractivity contribution in [3.05, 3.63) is 200 Å². The Bertz CT molecular complexity index is 3050. The Kier molecular flexibility index (Phi) is 7.49. The Morgan fingerprint density at radius 3 is 1.43 bits per heavy atom. The minimum Gasteiger partial charge on any atom is -0.208 e. The van der Waals surface area contributed by atoms with E-state index < -0.39 is 0 Å². The van der Waals surface area contributed by atoms with E-state index in [4.69, 9.17) is 15.0 Å². The second-order valence-electron chi connectivity index (χ2n) is 14.4. The molecule has 3 nitrogen and oxygen atoms in total. The highest BCUT2D eigenvalue weighted by atomic mass is 15.0. The smallest absolute Gasteiger partial charge is 0.164 e. The summed E-state index contributed by atoms with van der Waals surface area (Å²) in [6.07, 6.45) is 0. The lowest BCUT2D eigenvalue weighted by Gasteiger charge is -2.16. The van der Waals surface area contributed by atoms with Gasteiger partial charge in [0.25, 0.3) is 0 Å². The summed E-state index contributed by atoms with van der Waals surface area (Å²) in [6, 6.07) is 71.3. The van der Waals surface area contributed by atoms with Crippen LogP contribution in [0.4, 0.5) is 0 Å². The summed E-state index contributed by atoms with van der Waals surface area (Å²) in [7, 11) is 0. The van der Waals surface area contributed by atoms with E-state index >= 15 is 0 Å². The van der Waals surface area contributed by atoms with Crippen LogP contribution in [0.5, 0.6) is 0 Å². The summed E-state index contributed by atoms with van der Waals surface area (Å²) < 4.78 is 0. The standard InChI is InChI=1S/C53H33N3/c1-3-13-37(14-4-1)51-54-52(38-15-5-2-6-16-38)56-53(55-51)39-26-24-35(25-27-39)44-30-28-34-12-7-8-21-43(34)50(44)42-20-9-19-40(32-42)41-29-31-45-46-22-10-17-36-18-11-23-47(49(36)46)48(45)33-41/h1-33H. The predicted octanol–water partition coefficient (Wildman–Crippen LogP) is 13.8. The summed E-state index contributed by atoms with van der Waals surface area (Å²) >= 11 is 0. The molecule has 260 valence electrons. The Morgan fingerprint density at radius 2 is 0.732 bits per heavy atom. The number of benzene rings is 9. The van der Waals surface area contributed by atoms with Crippen LogP contribution < -0.4 is 0 Å². The molecule has 0 bridgehead atoms. The second kappa shape index (κ2) is 13.1. The van der Waals surface area contributed by atoms with E-state index in [-0.39, 0.29) is 0 Å². The van der Waals surface area contributed by atoms with Crippen molar-refractivity contribution in [2.45, 2.75) is 0 Å². The third-order valence-corrected chi connectivity index (χ3v) is 11.1. The van der Waals surface area contributed by atoms with Crippen molar-refractivity contribution in [3.63, 3.8) is 0 Å². The molecule has 56 heavy (non-hydrogen) atoms. The van der Waals surface area contributed by atoms with Crippen LogP contribution in [0.3, 0.4) is 0 Å². The summed E-state index contributed by atoms with van der Waals surface area (Å²) in [4.78, 5) is 14.8. The minimum absolute atomic E-state index is 0.643. The summed E-state index contributed by atoms with van der Waals surface area (Å²) in [6.45, 7) is 0. The monoisotopic (exact) mass is 711 g/mol. The van der Waals surface area contributed by atoms with Crippen LogP contribution in [-0.2, 0) is 0 Å². The number of aromatic nitrogens is 3. The highest BCUT2D eigenvalue weighted by Crippen LogP contribution is 2.48. The molecule has 0 amide bonds. The molecule has 1 aliphatic carbocycles. The summed E-state index contributed by atoms with van der Waals surface area (Å²) in [5.74, 6) is 1.95. The van der Waals surface area contributed by atoms with E-state index in [0.29, 0.717) is 17.5 Å². The van der Waals surface area contributed by atoms with E-state index in [1.54, 1.807) is 0 Å². The highest BCUT2D eigenvalue weighted by molar-refractivity contribution is 6.15. The van der Waals surface area contributed by atoms with Crippen LogP contribution in [-0.4, -0.2) is 15.0 Å². The maximum atomic E-state index is 4.97. The number of fused-ring (bicyclic) bond motifs is 4. The molecule has 1 aromatic heterocycles. The molecule has 0 saturated heterocycles. The molecule has 0 N–H and O–H groups in total. The van der Waals surface area contributed by atoms with Gasteiger partial charge in [0.05, 0.1) is 0 Å². The topological polar surface area (TPSA) is 38.7 Å². The first-order chi connectivity index (χ1) is 27.7. The number of rotatable bonds is 6. The first-order valence-corrected chi connectivity index (χ1v) is 19.0. The summed E-state index contributed by atoms with van der Waals surface area (Å²) in [5.41, 5.74) is 15.2. The molecule has 0 atom stereocenters. The zero-order chi connectivity index (χ0) is 37.0. The van der Waals surface area contributed by atoms with Crippen molar-refractivity contribution in [1.29, 1.82) is 0 Å². The first kappa shape index (κ1) is 32.0. The first-order valence-electron chi connectivity index (χ1n) is 19.0. The van der Waals surface area contributed by atoms with Gasteiger partial charge in [-0.3, -0.25) is 0 Å². The van der Waals surface area contributed by atoms with E-state index in [0.717, 1.165) is 22.3 Å². The molecule has 1 heterocycles. The van der Waals surface area contributed by atoms with Crippen LogP contribution in [0.1, 0.15) is 0 Å². The lowest BCUT2D eigenvalue weighted by atomic mass is 9.88. The average molecular weight is 712 g/mol. The fourth-order valence-electron chi connectivity index (χ4n) is 8.39. The number of nitrogens with zero attached hydrogens (tertiary/aromatic N) is 3. The van der Waals surface area contributed by atoms with Crippen molar-refractivity contribution in [2.75, 3.05) is 0 Å². The number of hydrogen-bond acceptors (Lipinski definition) is 3. The van der Waals surface area contributed by atoms with Crippen molar-refractivity contribution in [1.82, 2.24) is 15.0 Å². The number of hydrogen-bond donors (Lipinski definition) is 0. The van der Waals surface area contributed by atoms with Gasteiger partial charge in [0.1, 0.15) is 0 Å². The third-order valence-electron chi connectivity index (χ3n) is 11.1. The van der Waals surface area contributed by atoms with Gasteiger partial charge in [-0.15, -0.1) is 0 Å². The zero-order valence-corrected chi connectivity index (χ0v) is 30.4. The Hall–Kier alpha value is -7.49. The van der Waals surface area contributed by atoms with Crippen molar-refractivity contribution in [3.8, 4) is 89.8 Å². The molecule has 0 spiro atoms. The van der Waals surface area contributed by atoms with Gasteiger partial charge in [0.2, 0.25) is 0 Å². The Labute approximate surface area is 325 Å². The van der Waals surface area contributed by atoms with E-state index in [1.807, 2.05) is 60.7 Å². The quantitative estimate of drug-likeness (QED) is 0.172. The van der Waals surface area contributed by atoms with Crippen molar-refractivity contribution < 1.29 is 0 Å².